The highest BCUT2D eigenvalue weighted by Crippen LogP contribution is 2.51. The molecule has 0 aromatic heterocycles. The van der Waals surface area contributed by atoms with E-state index < -0.39 is 38.4 Å². The standard InChI is InChI=1S/C59H53N4O7P/c1-10-11-12-13-14-15-16-17-18-19-20-21-22-23-24-25-26-27-31-42-61-58(64)62-55-45-49(56(57(55)67-9)70-71(69-44-43-60-6)63(47(2)3)48(4)5)46-68-59(50-32-29-28-30-33-50,51-34-38-53(65-7)39-35-51)52-36-40-54(66-8)41-37-52/h28-30,32-41,47-49,55-57H,43-46H2,1-5,7-9H3,(H2,61,62,64)/t49-,55-,56?,57-,71?/m1/s1. The van der Waals surface area contributed by atoms with Gasteiger partial charge in [-0.25, -0.2) is 16.0 Å². The lowest BCUT2D eigenvalue weighted by molar-refractivity contribution is -0.0526. The van der Waals surface area contributed by atoms with Gasteiger partial charge in [-0.1, -0.05) is 60.5 Å². The van der Waals surface area contributed by atoms with Crippen LogP contribution >= 0.6 is 8.53 Å². The summed E-state index contributed by atoms with van der Waals surface area (Å²) in [6.45, 7) is 17.9. The van der Waals surface area contributed by atoms with Crippen molar-refractivity contribution in [2.75, 3.05) is 41.1 Å². The Kier molecular flexibility index (Phi) is 24.3. The second-order valence-corrected chi connectivity index (χ2v) is 16.8. The third-order valence-electron chi connectivity index (χ3n) is 10.3. The van der Waals surface area contributed by atoms with Crippen LogP contribution in [0.2, 0.25) is 0 Å². The minimum atomic E-state index is -1.72. The molecule has 3 aromatic carbocycles. The van der Waals surface area contributed by atoms with E-state index in [4.69, 9.17) is 34.6 Å². The first-order valence-electron chi connectivity index (χ1n) is 22.3. The summed E-state index contributed by atoms with van der Waals surface area (Å²) in [6.07, 6.45) is -0.888. The number of carbonyl (C=O) groups excluding carboxylic acids is 1. The van der Waals surface area contributed by atoms with Gasteiger partial charge in [0, 0.05) is 90.4 Å². The molecule has 11 nitrogen and oxygen atoms in total. The first-order chi connectivity index (χ1) is 34.6. The summed E-state index contributed by atoms with van der Waals surface area (Å²) < 4.78 is 40.3. The first kappa shape index (κ1) is 55.4. The number of carbonyl (C=O) groups is 1. The van der Waals surface area contributed by atoms with E-state index in [9.17, 15) is 4.79 Å². The minimum Gasteiger partial charge on any atom is -0.497 e. The van der Waals surface area contributed by atoms with E-state index in [1.54, 1.807) is 28.3 Å². The quantitative estimate of drug-likeness (QED) is 0.0340. The maximum Gasteiger partial charge on any atom is 0.326 e. The van der Waals surface area contributed by atoms with E-state index in [1.165, 1.54) is 0 Å². The number of nitrogens with zero attached hydrogens (tertiary/aromatic N) is 2. The Morgan fingerprint density at radius 1 is 0.690 bits per heavy atom. The molecule has 12 heteroatoms. The van der Waals surface area contributed by atoms with Crippen LogP contribution in [0.5, 0.6) is 11.5 Å². The number of amides is 2. The summed E-state index contributed by atoms with van der Waals surface area (Å²) in [5, 5.41) is 5.60. The van der Waals surface area contributed by atoms with Crippen LogP contribution in [0.1, 0.15) is 57.7 Å². The molecule has 1 fully saturated rings. The van der Waals surface area contributed by atoms with E-state index in [0.717, 1.165) is 16.7 Å². The number of ether oxygens (including phenoxy) is 4. The Balaban J connectivity index is 1.62. The molecule has 1 aliphatic carbocycles. The molecule has 2 N–H and O–H groups in total. The molecule has 0 saturated heterocycles. The van der Waals surface area contributed by atoms with Crippen LogP contribution in [0.4, 0.5) is 4.79 Å². The van der Waals surface area contributed by atoms with Crippen molar-refractivity contribution in [2.45, 2.75) is 77.0 Å². The van der Waals surface area contributed by atoms with Crippen LogP contribution in [0.3, 0.4) is 0 Å². The fourth-order valence-corrected chi connectivity index (χ4v) is 9.22. The van der Waals surface area contributed by atoms with Gasteiger partial charge < -0.3 is 38.2 Å². The van der Waals surface area contributed by atoms with Crippen LogP contribution in [0, 0.1) is 131 Å². The summed E-state index contributed by atoms with van der Waals surface area (Å²) in [6, 6.07) is 27.2. The van der Waals surface area contributed by atoms with Crippen molar-refractivity contribution in [1.82, 2.24) is 15.3 Å². The molecule has 1 aliphatic rings. The predicted molar refractivity (Wildman–Crippen MR) is 277 cm³/mol. The van der Waals surface area contributed by atoms with Crippen LogP contribution < -0.4 is 20.1 Å². The second kappa shape index (κ2) is 31.1. The molecular weight excluding hydrogens is 908 g/mol. The van der Waals surface area contributed by atoms with Gasteiger partial charge in [0.25, 0.3) is 8.53 Å². The van der Waals surface area contributed by atoms with E-state index >= 15 is 0 Å². The van der Waals surface area contributed by atoms with Crippen molar-refractivity contribution >= 4 is 14.6 Å². The Labute approximate surface area is 422 Å². The number of hydrogen-bond acceptors (Lipinski definition) is 8. The molecule has 0 aliphatic heterocycles. The van der Waals surface area contributed by atoms with E-state index in [0.29, 0.717) is 17.9 Å². The van der Waals surface area contributed by atoms with Crippen LogP contribution in [0.25, 0.3) is 4.85 Å². The molecule has 71 heavy (non-hydrogen) atoms. The SMILES string of the molecule is [C-]#[N+]CCOP(OC1[C@@H](COC(c2ccccc2)(c2ccc(OC)cc2)c2ccc(OC)cc2)C[C@@H](NC(=O)NC#CC#CC#CC#CC#CC#CC#CC#CC#CC#CC)[C@H]1OC)N(C(C)C)C(C)C. The van der Waals surface area contributed by atoms with Crippen LogP contribution in [0.15, 0.2) is 78.9 Å². The van der Waals surface area contributed by atoms with Gasteiger partial charge in [0.05, 0.1) is 33.0 Å². The maximum atomic E-state index is 13.5. The van der Waals surface area contributed by atoms with Crippen molar-refractivity contribution in [3.05, 3.63) is 107 Å². The molecule has 0 spiro atoms. The van der Waals surface area contributed by atoms with Gasteiger partial charge in [-0.2, -0.15) is 0 Å². The zero-order chi connectivity index (χ0) is 51.1. The highest BCUT2D eigenvalue weighted by atomic mass is 31.2. The number of hydrogen-bond donors (Lipinski definition) is 2. The molecular formula is C59H53N4O7P. The molecule has 0 bridgehead atoms. The highest BCUT2D eigenvalue weighted by Gasteiger charge is 2.49. The van der Waals surface area contributed by atoms with E-state index in [1.807, 2.05) is 78.9 Å². The Morgan fingerprint density at radius 3 is 1.59 bits per heavy atom. The molecule has 1 saturated carbocycles. The topological polar surface area (TPSA) is 104 Å². The lowest BCUT2D eigenvalue weighted by Crippen LogP contribution is -2.47. The Morgan fingerprint density at radius 2 is 1.15 bits per heavy atom. The number of urea groups is 1. The summed E-state index contributed by atoms with van der Waals surface area (Å²) in [5.41, 5.74) is 1.49. The number of methoxy groups -OCH3 is 3. The molecule has 0 heterocycles. The number of rotatable bonds is 18. The first-order valence-corrected chi connectivity index (χ1v) is 23.5. The maximum absolute atomic E-state index is 13.5. The highest BCUT2D eigenvalue weighted by molar-refractivity contribution is 7.44. The average Bonchev–Trinajstić information content (AvgIpc) is 3.70. The zero-order valence-electron chi connectivity index (χ0n) is 41.0. The van der Waals surface area contributed by atoms with Crippen molar-refractivity contribution in [3.63, 3.8) is 0 Å². The molecule has 2 unspecified atom stereocenters. The van der Waals surface area contributed by atoms with Crippen molar-refractivity contribution < 1.29 is 32.8 Å². The van der Waals surface area contributed by atoms with Crippen molar-refractivity contribution in [2.24, 2.45) is 5.92 Å². The predicted octanol–water partition coefficient (Wildman–Crippen LogP) is 7.39. The molecule has 4 rings (SSSR count). The molecule has 2 amide bonds. The third-order valence-corrected chi connectivity index (χ3v) is 12.4. The van der Waals surface area contributed by atoms with Gasteiger partial charge in [0.2, 0.25) is 6.54 Å². The Hall–Kier alpha value is -8.15. The van der Waals surface area contributed by atoms with Gasteiger partial charge >= 0.3 is 6.03 Å². The van der Waals surface area contributed by atoms with E-state index in [2.05, 4.69) is 166 Å². The van der Waals surface area contributed by atoms with Gasteiger partial charge in [0.15, 0.2) is 0 Å². The molecule has 5 atom stereocenters. The normalized spacial score (nSPS) is 15.2. The lowest BCUT2D eigenvalue weighted by Gasteiger charge is -2.40. The molecule has 0 radical (unpaired) electrons. The van der Waals surface area contributed by atoms with Crippen LogP contribution in [-0.4, -0.2) is 82.1 Å². The summed E-state index contributed by atoms with van der Waals surface area (Å²) in [5.74, 6) is 49.6. The monoisotopic (exact) mass is 960 g/mol. The second-order valence-electron chi connectivity index (χ2n) is 15.4. The van der Waals surface area contributed by atoms with Crippen molar-refractivity contribution in [3.8, 4) is 130 Å². The van der Waals surface area contributed by atoms with E-state index in [-0.39, 0.29) is 37.8 Å². The fraction of sp³-hybridized carbons (Fsp3) is 0.322. The Bertz CT molecular complexity index is 2920. The zero-order valence-corrected chi connectivity index (χ0v) is 41.9. The lowest BCUT2D eigenvalue weighted by atomic mass is 9.79. The number of benzene rings is 3. The number of nitrogens with one attached hydrogen (secondary N) is 2. The third kappa shape index (κ3) is 17.4. The van der Waals surface area contributed by atoms with Crippen LogP contribution in [-0.2, 0) is 24.1 Å². The fourth-order valence-electron chi connectivity index (χ4n) is 7.43. The largest absolute Gasteiger partial charge is 0.497 e. The van der Waals surface area contributed by atoms with Gasteiger partial charge in [-0.15, -0.1) is 0 Å². The summed E-state index contributed by atoms with van der Waals surface area (Å²) in [7, 11) is 3.13. The average molecular weight is 961 g/mol. The van der Waals surface area contributed by atoms with Gasteiger partial charge in [-0.05, 0) is 129 Å². The summed E-state index contributed by atoms with van der Waals surface area (Å²) >= 11 is 0. The molecule has 3 aromatic rings. The smallest absolute Gasteiger partial charge is 0.326 e. The van der Waals surface area contributed by atoms with Crippen molar-refractivity contribution in [1.29, 1.82) is 0 Å². The van der Waals surface area contributed by atoms with Gasteiger partial charge in [0.1, 0.15) is 29.8 Å². The van der Waals surface area contributed by atoms with Gasteiger partial charge in [-0.3, -0.25) is 5.32 Å². The summed E-state index contributed by atoms with van der Waals surface area (Å²) in [4.78, 5) is 17.0. The minimum absolute atomic E-state index is 0.0402. The molecule has 356 valence electrons.